The molecule has 2 aromatic rings. The maximum Gasteiger partial charge on any atom is 0.341 e. The molecule has 0 atom stereocenters. The smallest absolute Gasteiger partial charge is 0.341 e. The van der Waals surface area contributed by atoms with Crippen LogP contribution in [0.3, 0.4) is 0 Å². The van der Waals surface area contributed by atoms with E-state index in [1.807, 2.05) is 0 Å². The number of hydrogen-bond acceptors (Lipinski definition) is 4. The standard InChI is InChI=1S/C21H21ClF2N2O4S/c22-18-11-8-15(12-17(18)20(28)25-14-4-2-1-3-5-14)26-19(27)13-6-9-16(10-7-13)31(29,30)21(23)24/h6-12,14,21H,1-5H2,(H,25,28)(H,26,27). The summed E-state index contributed by atoms with van der Waals surface area (Å²) >= 11 is 6.16. The Morgan fingerprint density at radius 2 is 1.61 bits per heavy atom. The minimum atomic E-state index is -4.73. The Labute approximate surface area is 183 Å². The Balaban J connectivity index is 1.71. The summed E-state index contributed by atoms with van der Waals surface area (Å²) in [6, 6.07) is 8.72. The fourth-order valence-corrected chi connectivity index (χ4v) is 4.31. The van der Waals surface area contributed by atoms with Crippen LogP contribution in [0, 0.1) is 0 Å². The Bertz CT molecular complexity index is 1070. The van der Waals surface area contributed by atoms with Crippen molar-refractivity contribution in [2.75, 3.05) is 5.32 Å². The number of alkyl halides is 2. The quantitative estimate of drug-likeness (QED) is 0.642. The molecule has 0 unspecified atom stereocenters. The number of hydrogen-bond donors (Lipinski definition) is 2. The maximum absolute atomic E-state index is 12.6. The second kappa shape index (κ2) is 9.74. The summed E-state index contributed by atoms with van der Waals surface area (Å²) in [7, 11) is -4.73. The van der Waals surface area contributed by atoms with Gasteiger partial charge in [-0.1, -0.05) is 30.9 Å². The number of carbonyl (C=O) groups is 2. The van der Waals surface area contributed by atoms with Gasteiger partial charge in [0.15, 0.2) is 0 Å². The molecule has 0 aliphatic heterocycles. The van der Waals surface area contributed by atoms with Crippen molar-refractivity contribution in [3.05, 3.63) is 58.6 Å². The summed E-state index contributed by atoms with van der Waals surface area (Å²) in [6.07, 6.45) is 5.11. The number of anilines is 1. The third kappa shape index (κ3) is 5.59. The van der Waals surface area contributed by atoms with Crippen molar-refractivity contribution >= 4 is 38.9 Å². The van der Waals surface area contributed by atoms with Gasteiger partial charge in [-0.3, -0.25) is 9.59 Å². The molecule has 31 heavy (non-hydrogen) atoms. The average Bonchev–Trinajstić information content (AvgIpc) is 2.75. The maximum atomic E-state index is 12.6. The van der Waals surface area contributed by atoms with Crippen molar-refractivity contribution in [3.8, 4) is 0 Å². The molecule has 166 valence electrons. The fourth-order valence-electron chi connectivity index (χ4n) is 3.39. The third-order valence-electron chi connectivity index (χ3n) is 5.09. The zero-order valence-electron chi connectivity index (χ0n) is 16.4. The van der Waals surface area contributed by atoms with E-state index >= 15 is 0 Å². The Hall–Kier alpha value is -2.52. The van der Waals surface area contributed by atoms with Gasteiger partial charge in [0.1, 0.15) is 0 Å². The molecule has 0 heterocycles. The first kappa shape index (κ1) is 23.1. The van der Waals surface area contributed by atoms with Gasteiger partial charge in [-0.15, -0.1) is 0 Å². The number of sulfone groups is 1. The predicted octanol–water partition coefficient (Wildman–Crippen LogP) is 4.65. The van der Waals surface area contributed by atoms with Crippen LogP contribution in [0.5, 0.6) is 0 Å². The number of halogens is 3. The van der Waals surface area contributed by atoms with Crippen LogP contribution in [0.4, 0.5) is 14.5 Å². The van der Waals surface area contributed by atoms with Crippen molar-refractivity contribution in [3.63, 3.8) is 0 Å². The van der Waals surface area contributed by atoms with Gasteiger partial charge >= 0.3 is 5.76 Å². The van der Waals surface area contributed by atoms with Gasteiger partial charge < -0.3 is 10.6 Å². The van der Waals surface area contributed by atoms with E-state index in [4.69, 9.17) is 11.6 Å². The molecule has 0 saturated heterocycles. The molecular formula is C21H21ClF2N2O4S. The lowest BCUT2D eigenvalue weighted by Crippen LogP contribution is -2.36. The second-order valence-electron chi connectivity index (χ2n) is 7.29. The molecule has 10 heteroatoms. The van der Waals surface area contributed by atoms with E-state index in [0.29, 0.717) is 5.69 Å². The minimum absolute atomic E-state index is 0.0661. The van der Waals surface area contributed by atoms with Crippen LogP contribution in [-0.4, -0.2) is 32.0 Å². The van der Waals surface area contributed by atoms with E-state index in [9.17, 15) is 26.8 Å². The van der Waals surface area contributed by atoms with E-state index in [1.54, 1.807) is 0 Å². The molecule has 0 bridgehead atoms. The summed E-state index contributed by atoms with van der Waals surface area (Å²) in [5.74, 6) is -4.46. The zero-order chi connectivity index (χ0) is 22.6. The highest BCUT2D eigenvalue weighted by Crippen LogP contribution is 2.24. The number of amides is 2. The molecule has 0 aromatic heterocycles. The van der Waals surface area contributed by atoms with E-state index in [0.717, 1.165) is 56.4 Å². The highest BCUT2D eigenvalue weighted by atomic mass is 35.5. The molecule has 3 rings (SSSR count). The highest BCUT2D eigenvalue weighted by Gasteiger charge is 2.26. The van der Waals surface area contributed by atoms with Crippen molar-refractivity contribution in [2.45, 2.75) is 48.8 Å². The predicted molar refractivity (Wildman–Crippen MR) is 113 cm³/mol. The number of rotatable bonds is 6. The first-order chi connectivity index (χ1) is 14.7. The highest BCUT2D eigenvalue weighted by molar-refractivity contribution is 7.91. The summed E-state index contributed by atoms with van der Waals surface area (Å²) in [4.78, 5) is 24.5. The molecule has 6 nitrogen and oxygen atoms in total. The molecule has 0 radical (unpaired) electrons. The summed E-state index contributed by atoms with van der Waals surface area (Å²) in [6.45, 7) is 0. The molecule has 2 amide bonds. The van der Waals surface area contributed by atoms with Crippen molar-refractivity contribution < 1.29 is 26.8 Å². The van der Waals surface area contributed by atoms with E-state index in [1.165, 1.54) is 18.2 Å². The second-order valence-corrected chi connectivity index (χ2v) is 9.61. The van der Waals surface area contributed by atoms with Crippen LogP contribution in [0.25, 0.3) is 0 Å². The summed E-state index contributed by atoms with van der Waals surface area (Å²) < 4.78 is 48.2. The van der Waals surface area contributed by atoms with E-state index in [2.05, 4.69) is 10.6 Å². The van der Waals surface area contributed by atoms with Crippen LogP contribution >= 0.6 is 11.6 Å². The Morgan fingerprint density at radius 3 is 2.23 bits per heavy atom. The number of benzene rings is 2. The SMILES string of the molecule is O=C(Nc1ccc(Cl)c(C(=O)NC2CCCCC2)c1)c1ccc(S(=O)(=O)C(F)F)cc1. The van der Waals surface area contributed by atoms with Crippen LogP contribution in [0.1, 0.15) is 52.8 Å². The van der Waals surface area contributed by atoms with Gasteiger partial charge in [-0.2, -0.15) is 8.78 Å². The van der Waals surface area contributed by atoms with Gasteiger partial charge in [0.25, 0.3) is 11.8 Å². The van der Waals surface area contributed by atoms with Crippen LogP contribution in [0.2, 0.25) is 5.02 Å². The van der Waals surface area contributed by atoms with Crippen LogP contribution in [0.15, 0.2) is 47.4 Å². The van der Waals surface area contributed by atoms with Gasteiger partial charge in [0.2, 0.25) is 9.84 Å². The lowest BCUT2D eigenvalue weighted by Gasteiger charge is -2.23. The summed E-state index contributed by atoms with van der Waals surface area (Å²) in [5.41, 5.74) is 0.604. The van der Waals surface area contributed by atoms with Gasteiger partial charge in [0, 0.05) is 17.3 Å². The first-order valence-electron chi connectivity index (χ1n) is 9.72. The fraction of sp³-hybridized carbons (Fsp3) is 0.333. The van der Waals surface area contributed by atoms with Crippen LogP contribution < -0.4 is 10.6 Å². The minimum Gasteiger partial charge on any atom is -0.349 e. The molecule has 1 aliphatic carbocycles. The first-order valence-corrected chi connectivity index (χ1v) is 11.6. The monoisotopic (exact) mass is 470 g/mol. The summed E-state index contributed by atoms with van der Waals surface area (Å²) in [5, 5.41) is 5.80. The van der Waals surface area contributed by atoms with E-state index < -0.39 is 26.4 Å². The van der Waals surface area contributed by atoms with Crippen molar-refractivity contribution in [1.82, 2.24) is 5.32 Å². The zero-order valence-corrected chi connectivity index (χ0v) is 18.0. The Morgan fingerprint density at radius 1 is 0.968 bits per heavy atom. The number of nitrogens with one attached hydrogen (secondary N) is 2. The molecule has 1 saturated carbocycles. The molecule has 2 N–H and O–H groups in total. The van der Waals surface area contributed by atoms with Crippen molar-refractivity contribution in [1.29, 1.82) is 0 Å². The molecule has 1 aliphatic rings. The lowest BCUT2D eigenvalue weighted by molar-refractivity contribution is 0.0926. The molecule has 0 spiro atoms. The van der Waals surface area contributed by atoms with Gasteiger partial charge in [0.05, 0.1) is 15.5 Å². The molecular weight excluding hydrogens is 450 g/mol. The average molecular weight is 471 g/mol. The van der Waals surface area contributed by atoms with Gasteiger partial charge in [-0.25, -0.2) is 8.42 Å². The largest absolute Gasteiger partial charge is 0.349 e. The topological polar surface area (TPSA) is 92.3 Å². The molecule has 2 aromatic carbocycles. The van der Waals surface area contributed by atoms with Crippen LogP contribution in [-0.2, 0) is 9.84 Å². The normalized spacial score (nSPS) is 15.0. The number of carbonyl (C=O) groups excluding carboxylic acids is 2. The van der Waals surface area contributed by atoms with Crippen molar-refractivity contribution in [2.24, 2.45) is 0 Å². The molecule has 1 fully saturated rings. The Kier molecular flexibility index (Phi) is 7.27. The van der Waals surface area contributed by atoms with Gasteiger partial charge in [-0.05, 0) is 55.3 Å². The lowest BCUT2D eigenvalue weighted by atomic mass is 9.95. The third-order valence-corrected chi connectivity index (χ3v) is 6.82. The van der Waals surface area contributed by atoms with E-state index in [-0.39, 0.29) is 28.1 Å².